The van der Waals surface area contributed by atoms with Gasteiger partial charge in [0.2, 0.25) is 5.91 Å². The van der Waals surface area contributed by atoms with Crippen molar-refractivity contribution in [2.45, 2.75) is 12.6 Å². The summed E-state index contributed by atoms with van der Waals surface area (Å²) in [6, 6.07) is 11.5. The van der Waals surface area contributed by atoms with Crippen molar-refractivity contribution in [1.82, 2.24) is 10.2 Å². The fourth-order valence-corrected chi connectivity index (χ4v) is 3.66. The molecule has 0 spiro atoms. The lowest BCUT2D eigenvalue weighted by Crippen LogP contribution is -2.47. The van der Waals surface area contributed by atoms with Crippen LogP contribution >= 0.6 is 0 Å². The lowest BCUT2D eigenvalue weighted by molar-refractivity contribution is -0.383. The zero-order valence-electron chi connectivity index (χ0n) is 18.0. The van der Waals surface area contributed by atoms with Gasteiger partial charge in [0.25, 0.3) is 5.69 Å². The highest BCUT2D eigenvalue weighted by atomic mass is 19.4. The second-order valence-corrected chi connectivity index (χ2v) is 7.71. The molecule has 0 saturated carbocycles. The Morgan fingerprint density at radius 1 is 1.06 bits per heavy atom. The smallest absolute Gasteiger partial charge is 0.371 e. The highest BCUT2D eigenvalue weighted by Gasteiger charge is 2.31. The molecule has 0 bridgehead atoms. The maximum Gasteiger partial charge on any atom is 0.416 e. The normalized spacial score (nSPS) is 14.7. The second-order valence-electron chi connectivity index (χ2n) is 7.71. The van der Waals surface area contributed by atoms with Gasteiger partial charge in [-0.1, -0.05) is 18.2 Å². The van der Waals surface area contributed by atoms with Crippen molar-refractivity contribution in [1.29, 1.82) is 0 Å². The second kappa shape index (κ2) is 11.0. The highest BCUT2D eigenvalue weighted by molar-refractivity contribution is 5.81. The molecule has 2 aromatic carbocycles. The summed E-state index contributed by atoms with van der Waals surface area (Å²) in [7, 11) is 0. The number of para-hydroxylation sites is 2. The van der Waals surface area contributed by atoms with Crippen molar-refractivity contribution < 1.29 is 22.9 Å². The molecule has 0 aliphatic carbocycles. The number of hydrogen-bond acceptors (Lipinski definition) is 6. The van der Waals surface area contributed by atoms with Crippen LogP contribution in [0.2, 0.25) is 0 Å². The minimum absolute atomic E-state index is 0.0689. The van der Waals surface area contributed by atoms with Gasteiger partial charge in [0, 0.05) is 44.5 Å². The summed E-state index contributed by atoms with van der Waals surface area (Å²) in [6.07, 6.45) is -3.63. The maximum atomic E-state index is 12.9. The SMILES string of the molecule is O=C(CNc1ccccc1[N+](=O)[O-])NCCCN1CCN(c2cccc(C(F)(F)F)c2)CC1. The first-order chi connectivity index (χ1) is 15.7. The molecule has 8 nitrogen and oxygen atoms in total. The molecule has 1 amide bonds. The van der Waals surface area contributed by atoms with Gasteiger partial charge < -0.3 is 15.5 Å². The van der Waals surface area contributed by atoms with Crippen LogP contribution in [0.1, 0.15) is 12.0 Å². The Labute approximate surface area is 189 Å². The summed E-state index contributed by atoms with van der Waals surface area (Å²) in [6.45, 7) is 3.87. The molecule has 0 unspecified atom stereocenters. The monoisotopic (exact) mass is 465 g/mol. The van der Waals surface area contributed by atoms with E-state index >= 15 is 0 Å². The summed E-state index contributed by atoms with van der Waals surface area (Å²) in [5.41, 5.74) is 0.128. The molecule has 1 fully saturated rings. The van der Waals surface area contributed by atoms with Crippen LogP contribution in [0, 0.1) is 10.1 Å². The number of halogens is 3. The molecule has 0 radical (unpaired) electrons. The first-order valence-corrected chi connectivity index (χ1v) is 10.6. The van der Waals surface area contributed by atoms with E-state index in [1.807, 2.05) is 4.90 Å². The number of piperazine rings is 1. The van der Waals surface area contributed by atoms with Crippen molar-refractivity contribution in [2.24, 2.45) is 0 Å². The molecule has 1 saturated heterocycles. The fourth-order valence-electron chi connectivity index (χ4n) is 3.66. The third-order valence-corrected chi connectivity index (χ3v) is 5.42. The topological polar surface area (TPSA) is 90.7 Å². The quantitative estimate of drug-likeness (QED) is 0.335. The third-order valence-electron chi connectivity index (χ3n) is 5.42. The van der Waals surface area contributed by atoms with Crippen LogP contribution in [0.25, 0.3) is 0 Å². The number of benzene rings is 2. The number of hydrogen-bond donors (Lipinski definition) is 2. The predicted octanol–water partition coefficient (Wildman–Crippen LogP) is 3.35. The molecule has 2 aromatic rings. The molecule has 0 aromatic heterocycles. The summed E-state index contributed by atoms with van der Waals surface area (Å²) in [5.74, 6) is -0.262. The van der Waals surface area contributed by atoms with Gasteiger partial charge in [-0.05, 0) is 37.2 Å². The van der Waals surface area contributed by atoms with Crippen molar-refractivity contribution in [2.75, 3.05) is 56.0 Å². The van der Waals surface area contributed by atoms with E-state index in [2.05, 4.69) is 15.5 Å². The third kappa shape index (κ3) is 7.07. The van der Waals surface area contributed by atoms with E-state index in [-0.39, 0.29) is 23.8 Å². The van der Waals surface area contributed by atoms with Crippen LogP contribution in [0.3, 0.4) is 0 Å². The number of anilines is 2. The number of amides is 1. The Bertz CT molecular complexity index is 962. The molecule has 33 heavy (non-hydrogen) atoms. The number of nitro groups is 1. The van der Waals surface area contributed by atoms with Crippen molar-refractivity contribution >= 4 is 23.0 Å². The standard InChI is InChI=1S/C22H26F3N5O3/c23-22(24,25)17-5-3-6-18(15-17)29-13-11-28(12-14-29)10-4-9-26-21(31)16-27-19-7-1-2-8-20(19)30(32)33/h1-3,5-8,15,27H,4,9-14,16H2,(H,26,31). The Balaban J connectivity index is 1.34. The summed E-state index contributed by atoms with van der Waals surface area (Å²) < 4.78 is 38.8. The predicted molar refractivity (Wildman–Crippen MR) is 119 cm³/mol. The molecular weight excluding hydrogens is 439 g/mol. The molecule has 1 heterocycles. The van der Waals surface area contributed by atoms with Gasteiger partial charge in [0.05, 0.1) is 17.0 Å². The summed E-state index contributed by atoms with van der Waals surface area (Å²) in [5, 5.41) is 16.6. The van der Waals surface area contributed by atoms with Gasteiger partial charge >= 0.3 is 6.18 Å². The van der Waals surface area contributed by atoms with E-state index in [9.17, 15) is 28.1 Å². The molecule has 178 valence electrons. The number of nitrogens with zero attached hydrogens (tertiary/aromatic N) is 3. The van der Waals surface area contributed by atoms with Gasteiger partial charge in [-0.2, -0.15) is 13.2 Å². The number of alkyl halides is 3. The van der Waals surface area contributed by atoms with Gasteiger partial charge in [-0.15, -0.1) is 0 Å². The minimum Gasteiger partial charge on any atom is -0.371 e. The molecule has 3 rings (SSSR count). The van der Waals surface area contributed by atoms with E-state index in [0.717, 1.165) is 32.1 Å². The van der Waals surface area contributed by atoms with E-state index in [0.29, 0.717) is 25.3 Å². The van der Waals surface area contributed by atoms with Gasteiger partial charge in [0.1, 0.15) is 5.69 Å². The lowest BCUT2D eigenvalue weighted by Gasteiger charge is -2.36. The van der Waals surface area contributed by atoms with Crippen molar-refractivity contribution in [3.63, 3.8) is 0 Å². The number of rotatable bonds is 9. The minimum atomic E-state index is -4.35. The number of nitro benzene ring substituents is 1. The van der Waals surface area contributed by atoms with Gasteiger partial charge in [-0.3, -0.25) is 19.8 Å². The van der Waals surface area contributed by atoms with Crippen LogP contribution in [0.15, 0.2) is 48.5 Å². The summed E-state index contributed by atoms with van der Waals surface area (Å²) >= 11 is 0. The Hall–Kier alpha value is -3.34. The maximum absolute atomic E-state index is 12.9. The highest BCUT2D eigenvalue weighted by Crippen LogP contribution is 2.31. The lowest BCUT2D eigenvalue weighted by atomic mass is 10.1. The van der Waals surface area contributed by atoms with Crippen molar-refractivity contribution in [3.05, 3.63) is 64.2 Å². The van der Waals surface area contributed by atoms with Crippen LogP contribution in [0.4, 0.5) is 30.2 Å². The first-order valence-electron chi connectivity index (χ1n) is 10.6. The summed E-state index contributed by atoms with van der Waals surface area (Å²) in [4.78, 5) is 26.6. The molecule has 0 atom stereocenters. The van der Waals surface area contributed by atoms with Crippen LogP contribution in [-0.2, 0) is 11.0 Å². The Morgan fingerprint density at radius 3 is 2.48 bits per heavy atom. The molecular formula is C22H26F3N5O3. The van der Waals surface area contributed by atoms with E-state index in [1.165, 1.54) is 18.2 Å². The Kier molecular flexibility index (Phi) is 8.10. The zero-order valence-corrected chi connectivity index (χ0v) is 18.0. The Morgan fingerprint density at radius 2 is 1.79 bits per heavy atom. The zero-order chi connectivity index (χ0) is 23.8. The molecule has 11 heteroatoms. The van der Waals surface area contributed by atoms with E-state index in [4.69, 9.17) is 0 Å². The average molecular weight is 465 g/mol. The fraction of sp³-hybridized carbons (Fsp3) is 0.409. The number of carbonyl (C=O) groups excluding carboxylic acids is 1. The van der Waals surface area contributed by atoms with Crippen LogP contribution in [-0.4, -0.2) is 61.5 Å². The number of nitrogens with one attached hydrogen (secondary N) is 2. The van der Waals surface area contributed by atoms with Crippen LogP contribution in [0.5, 0.6) is 0 Å². The first kappa shape index (κ1) is 24.3. The van der Waals surface area contributed by atoms with Gasteiger partial charge in [-0.25, -0.2) is 0 Å². The van der Waals surface area contributed by atoms with E-state index in [1.54, 1.807) is 24.3 Å². The molecule has 1 aliphatic rings. The van der Waals surface area contributed by atoms with Crippen LogP contribution < -0.4 is 15.5 Å². The largest absolute Gasteiger partial charge is 0.416 e. The van der Waals surface area contributed by atoms with Gasteiger partial charge in [0.15, 0.2) is 0 Å². The molecule has 1 aliphatic heterocycles. The molecule has 2 N–H and O–H groups in total. The average Bonchev–Trinajstić information content (AvgIpc) is 2.80. The van der Waals surface area contributed by atoms with E-state index < -0.39 is 16.7 Å². The number of carbonyl (C=O) groups is 1. The van der Waals surface area contributed by atoms with Crippen molar-refractivity contribution in [3.8, 4) is 0 Å².